The minimum Gasteiger partial charge on any atom is -0.477 e. The highest BCUT2D eigenvalue weighted by Crippen LogP contribution is 2.36. The van der Waals surface area contributed by atoms with Crippen LogP contribution in [0.5, 0.6) is 5.75 Å². The molecule has 0 fully saturated rings. The van der Waals surface area contributed by atoms with Crippen molar-refractivity contribution in [3.8, 4) is 11.8 Å². The molecule has 0 aromatic heterocycles. The van der Waals surface area contributed by atoms with E-state index < -0.39 is 6.10 Å². The van der Waals surface area contributed by atoms with Crippen molar-refractivity contribution in [1.82, 2.24) is 0 Å². The lowest BCUT2D eigenvalue weighted by Crippen LogP contribution is -2.36. The number of rotatable bonds is 1. The van der Waals surface area contributed by atoms with Crippen molar-refractivity contribution in [1.29, 1.82) is 5.26 Å². The Bertz CT molecular complexity index is 673. The van der Waals surface area contributed by atoms with Gasteiger partial charge in [-0.1, -0.05) is 30.3 Å². The third-order valence-corrected chi connectivity index (χ3v) is 2.98. The van der Waals surface area contributed by atoms with Crippen molar-refractivity contribution in [2.75, 3.05) is 5.32 Å². The van der Waals surface area contributed by atoms with Gasteiger partial charge in [-0.25, -0.2) is 0 Å². The van der Waals surface area contributed by atoms with Gasteiger partial charge in [-0.15, -0.1) is 0 Å². The minimum atomic E-state index is -0.719. The van der Waals surface area contributed by atoms with Crippen LogP contribution in [0.1, 0.15) is 6.42 Å². The number of carbonyl (C=O) groups is 1. The zero-order chi connectivity index (χ0) is 12.5. The van der Waals surface area contributed by atoms with Crippen LogP contribution in [-0.2, 0) is 4.79 Å². The lowest BCUT2D eigenvalue weighted by atomic mass is 10.1. The fraction of sp³-hybridized carbons (Fsp3) is 0.143. The van der Waals surface area contributed by atoms with Gasteiger partial charge in [-0.2, -0.15) is 5.26 Å². The van der Waals surface area contributed by atoms with Crippen LogP contribution in [0.2, 0.25) is 0 Å². The first kappa shape index (κ1) is 10.6. The molecule has 0 bridgehead atoms. The number of hydrogen-bond donors (Lipinski definition) is 1. The monoisotopic (exact) mass is 238 g/mol. The molecule has 1 aliphatic heterocycles. The largest absolute Gasteiger partial charge is 0.477 e. The van der Waals surface area contributed by atoms with Gasteiger partial charge >= 0.3 is 0 Å². The summed E-state index contributed by atoms with van der Waals surface area (Å²) in [6.45, 7) is 0. The van der Waals surface area contributed by atoms with Crippen molar-refractivity contribution in [3.05, 3.63) is 36.4 Å². The van der Waals surface area contributed by atoms with Crippen LogP contribution < -0.4 is 10.1 Å². The number of anilines is 1. The molecule has 4 heteroatoms. The number of nitrogens with one attached hydrogen (secondary N) is 1. The molecule has 1 amide bonds. The summed E-state index contributed by atoms with van der Waals surface area (Å²) in [6.07, 6.45) is -0.665. The number of fused-ring (bicyclic) bond motifs is 3. The molecule has 0 radical (unpaired) electrons. The van der Waals surface area contributed by atoms with Crippen LogP contribution >= 0.6 is 0 Å². The summed E-state index contributed by atoms with van der Waals surface area (Å²) in [5.41, 5.74) is 0.687. The number of nitrogens with zero attached hydrogens (tertiary/aromatic N) is 1. The number of hydrogen-bond acceptors (Lipinski definition) is 3. The van der Waals surface area contributed by atoms with E-state index in [4.69, 9.17) is 10.00 Å². The molecule has 1 unspecified atom stereocenters. The van der Waals surface area contributed by atoms with Crippen LogP contribution in [0.4, 0.5) is 5.69 Å². The van der Waals surface area contributed by atoms with E-state index in [0.717, 1.165) is 10.8 Å². The third-order valence-electron chi connectivity index (χ3n) is 2.98. The van der Waals surface area contributed by atoms with Gasteiger partial charge in [-0.05, 0) is 11.5 Å². The van der Waals surface area contributed by atoms with Crippen molar-refractivity contribution in [2.24, 2.45) is 0 Å². The van der Waals surface area contributed by atoms with Crippen molar-refractivity contribution < 1.29 is 9.53 Å². The number of ether oxygens (including phenoxy) is 1. The van der Waals surface area contributed by atoms with Gasteiger partial charge in [-0.3, -0.25) is 4.79 Å². The van der Waals surface area contributed by atoms with Crippen molar-refractivity contribution >= 4 is 22.4 Å². The first-order valence-corrected chi connectivity index (χ1v) is 5.66. The second-order valence-electron chi connectivity index (χ2n) is 4.12. The summed E-state index contributed by atoms with van der Waals surface area (Å²) in [6, 6.07) is 13.5. The third kappa shape index (κ3) is 1.57. The highest BCUT2D eigenvalue weighted by atomic mass is 16.5. The molecule has 2 aromatic carbocycles. The van der Waals surface area contributed by atoms with E-state index in [9.17, 15) is 4.79 Å². The number of benzene rings is 2. The van der Waals surface area contributed by atoms with E-state index >= 15 is 0 Å². The first-order valence-electron chi connectivity index (χ1n) is 5.66. The van der Waals surface area contributed by atoms with E-state index in [1.54, 1.807) is 0 Å². The van der Waals surface area contributed by atoms with Gasteiger partial charge in [0.15, 0.2) is 6.10 Å². The van der Waals surface area contributed by atoms with E-state index in [2.05, 4.69) is 5.32 Å². The molecule has 18 heavy (non-hydrogen) atoms. The average Bonchev–Trinajstić information content (AvgIpc) is 2.40. The summed E-state index contributed by atoms with van der Waals surface area (Å²) in [4.78, 5) is 11.8. The summed E-state index contributed by atoms with van der Waals surface area (Å²) in [5, 5.41) is 13.5. The lowest BCUT2D eigenvalue weighted by molar-refractivity contribution is -0.123. The van der Waals surface area contributed by atoms with Gasteiger partial charge in [0.1, 0.15) is 5.75 Å². The van der Waals surface area contributed by atoms with E-state index in [1.165, 1.54) is 0 Å². The van der Waals surface area contributed by atoms with Crippen molar-refractivity contribution in [2.45, 2.75) is 12.5 Å². The van der Waals surface area contributed by atoms with Gasteiger partial charge in [0.2, 0.25) is 0 Å². The Morgan fingerprint density at radius 3 is 2.94 bits per heavy atom. The quantitative estimate of drug-likeness (QED) is 0.830. The molecule has 88 valence electrons. The molecule has 0 spiro atoms. The van der Waals surface area contributed by atoms with Crippen LogP contribution in [-0.4, -0.2) is 12.0 Å². The maximum Gasteiger partial charge on any atom is 0.266 e. The molecule has 2 aromatic rings. The van der Waals surface area contributed by atoms with Gasteiger partial charge in [0, 0.05) is 5.39 Å². The smallest absolute Gasteiger partial charge is 0.266 e. The van der Waals surface area contributed by atoms with E-state index in [1.807, 2.05) is 42.5 Å². The topological polar surface area (TPSA) is 62.1 Å². The van der Waals surface area contributed by atoms with Gasteiger partial charge in [0.25, 0.3) is 5.91 Å². The van der Waals surface area contributed by atoms with Crippen LogP contribution in [0, 0.1) is 11.3 Å². The lowest BCUT2D eigenvalue weighted by Gasteiger charge is -2.25. The zero-order valence-electron chi connectivity index (χ0n) is 9.51. The van der Waals surface area contributed by atoms with Crippen molar-refractivity contribution in [3.63, 3.8) is 0 Å². The zero-order valence-corrected chi connectivity index (χ0v) is 9.51. The summed E-state index contributed by atoms with van der Waals surface area (Å²) in [5.74, 6) is 0.356. The molecular weight excluding hydrogens is 228 g/mol. The molecule has 4 nitrogen and oxygen atoms in total. The Hall–Kier alpha value is -2.54. The molecule has 1 atom stereocenters. The predicted molar refractivity (Wildman–Crippen MR) is 67.2 cm³/mol. The molecule has 1 heterocycles. The molecular formula is C14H10N2O2. The highest BCUT2D eigenvalue weighted by Gasteiger charge is 2.28. The second kappa shape index (κ2) is 4.04. The molecule has 0 saturated carbocycles. The van der Waals surface area contributed by atoms with Crippen LogP contribution in [0.15, 0.2) is 36.4 Å². The average molecular weight is 238 g/mol. The molecule has 3 rings (SSSR count). The molecule has 0 saturated heterocycles. The van der Waals surface area contributed by atoms with E-state index in [-0.39, 0.29) is 12.3 Å². The normalized spacial score (nSPS) is 17.5. The van der Waals surface area contributed by atoms with E-state index in [0.29, 0.717) is 11.4 Å². The summed E-state index contributed by atoms with van der Waals surface area (Å²) < 4.78 is 5.56. The summed E-state index contributed by atoms with van der Waals surface area (Å²) >= 11 is 0. The number of carbonyl (C=O) groups excluding carboxylic acids is 1. The number of nitriles is 1. The van der Waals surface area contributed by atoms with Gasteiger partial charge < -0.3 is 10.1 Å². The standard InChI is InChI=1S/C14H10N2O2/c15-8-7-12-14(17)16-13-10-4-2-1-3-9(10)5-6-11(13)18-12/h1-6,12H,7H2,(H,16,17). The highest BCUT2D eigenvalue weighted by molar-refractivity contribution is 6.07. The Balaban J connectivity index is 2.12. The Morgan fingerprint density at radius 2 is 2.11 bits per heavy atom. The SMILES string of the molecule is N#CCC1Oc2ccc3ccccc3c2NC1=O. The molecule has 1 aliphatic rings. The predicted octanol–water partition coefficient (Wildman–Crippen LogP) is 2.45. The Labute approximate surface area is 104 Å². The Morgan fingerprint density at radius 1 is 1.28 bits per heavy atom. The Kier molecular flexibility index (Phi) is 2.38. The summed E-state index contributed by atoms with van der Waals surface area (Å²) in [7, 11) is 0. The first-order chi connectivity index (χ1) is 8.79. The fourth-order valence-electron chi connectivity index (χ4n) is 2.11. The molecule has 0 aliphatic carbocycles. The van der Waals surface area contributed by atoms with Gasteiger partial charge in [0.05, 0.1) is 18.2 Å². The van der Waals surface area contributed by atoms with Crippen LogP contribution in [0.25, 0.3) is 10.8 Å². The molecule has 1 N–H and O–H groups in total. The maximum atomic E-state index is 11.8. The van der Waals surface area contributed by atoms with Crippen LogP contribution in [0.3, 0.4) is 0 Å². The maximum absolute atomic E-state index is 11.8. The number of amides is 1. The fourth-order valence-corrected chi connectivity index (χ4v) is 2.11. The second-order valence-corrected chi connectivity index (χ2v) is 4.12. The minimum absolute atomic E-state index is 0.0537.